The third kappa shape index (κ3) is 1.72. The van der Waals surface area contributed by atoms with Gasteiger partial charge in [0.1, 0.15) is 5.82 Å². The van der Waals surface area contributed by atoms with E-state index in [2.05, 4.69) is 32.7 Å². The lowest BCUT2D eigenvalue weighted by Gasteiger charge is -2.37. The number of rotatable bonds is 2. The Kier molecular flexibility index (Phi) is 2.62. The van der Waals surface area contributed by atoms with E-state index in [0.717, 1.165) is 22.9 Å². The summed E-state index contributed by atoms with van der Waals surface area (Å²) in [6.07, 6.45) is 2.31. The van der Waals surface area contributed by atoms with E-state index in [1.165, 1.54) is 12.1 Å². The SMILES string of the molecule is CC1(c2ccc(F)cc2Br)CN=C(N)N1C1CC1. The van der Waals surface area contributed by atoms with Crippen LogP contribution >= 0.6 is 15.9 Å². The zero-order valence-electron chi connectivity index (χ0n) is 10.2. The second kappa shape index (κ2) is 3.95. The van der Waals surface area contributed by atoms with Crippen molar-refractivity contribution in [3.8, 4) is 0 Å². The average Bonchev–Trinajstić information content (AvgIpc) is 3.06. The van der Waals surface area contributed by atoms with Crippen molar-refractivity contribution >= 4 is 21.9 Å². The molecule has 96 valence electrons. The molecule has 0 aromatic heterocycles. The molecule has 0 spiro atoms. The molecule has 3 nitrogen and oxygen atoms in total. The number of aliphatic imine (C=N–C) groups is 1. The quantitative estimate of drug-likeness (QED) is 0.912. The minimum absolute atomic E-state index is 0.237. The first-order valence-electron chi connectivity index (χ1n) is 6.07. The molecule has 1 fully saturated rings. The van der Waals surface area contributed by atoms with Crippen LogP contribution in [0.4, 0.5) is 4.39 Å². The van der Waals surface area contributed by atoms with Crippen LogP contribution in [-0.2, 0) is 5.54 Å². The molecule has 1 aliphatic carbocycles. The van der Waals surface area contributed by atoms with Crippen LogP contribution in [0.15, 0.2) is 27.7 Å². The minimum Gasteiger partial charge on any atom is -0.370 e. The second-order valence-electron chi connectivity index (χ2n) is 5.17. The van der Waals surface area contributed by atoms with Crippen LogP contribution in [0.25, 0.3) is 0 Å². The van der Waals surface area contributed by atoms with E-state index < -0.39 is 0 Å². The lowest BCUT2D eigenvalue weighted by Crippen LogP contribution is -2.48. The molecule has 0 radical (unpaired) electrons. The van der Waals surface area contributed by atoms with Gasteiger partial charge >= 0.3 is 0 Å². The fourth-order valence-corrected chi connectivity index (χ4v) is 3.48. The molecule has 3 rings (SSSR count). The highest BCUT2D eigenvalue weighted by atomic mass is 79.9. The monoisotopic (exact) mass is 311 g/mol. The van der Waals surface area contributed by atoms with Crippen molar-refractivity contribution in [3.05, 3.63) is 34.1 Å². The fraction of sp³-hybridized carbons (Fsp3) is 0.462. The lowest BCUT2D eigenvalue weighted by atomic mass is 9.91. The third-order valence-corrected chi connectivity index (χ3v) is 4.41. The third-order valence-electron chi connectivity index (χ3n) is 3.75. The summed E-state index contributed by atoms with van der Waals surface area (Å²) in [6, 6.07) is 5.30. The Morgan fingerprint density at radius 3 is 2.83 bits per heavy atom. The van der Waals surface area contributed by atoms with Crippen LogP contribution in [0.2, 0.25) is 0 Å². The Morgan fingerprint density at radius 2 is 2.22 bits per heavy atom. The van der Waals surface area contributed by atoms with Crippen LogP contribution in [0.5, 0.6) is 0 Å². The zero-order chi connectivity index (χ0) is 12.9. The van der Waals surface area contributed by atoms with E-state index in [1.54, 1.807) is 0 Å². The fourth-order valence-electron chi connectivity index (χ4n) is 2.70. The summed E-state index contributed by atoms with van der Waals surface area (Å²) in [4.78, 5) is 6.56. The van der Waals surface area contributed by atoms with E-state index in [1.807, 2.05) is 6.07 Å². The molecule has 1 aromatic rings. The molecule has 0 saturated heterocycles. The van der Waals surface area contributed by atoms with Gasteiger partial charge in [0.25, 0.3) is 0 Å². The van der Waals surface area contributed by atoms with Crippen LogP contribution in [0.3, 0.4) is 0 Å². The first-order chi connectivity index (χ1) is 8.52. The molecule has 0 bridgehead atoms. The molecule has 0 amide bonds. The van der Waals surface area contributed by atoms with E-state index in [-0.39, 0.29) is 11.4 Å². The van der Waals surface area contributed by atoms with Crippen molar-refractivity contribution < 1.29 is 4.39 Å². The molecule has 1 unspecified atom stereocenters. The molecule has 1 heterocycles. The summed E-state index contributed by atoms with van der Waals surface area (Å²) in [5, 5.41) is 0. The van der Waals surface area contributed by atoms with E-state index in [9.17, 15) is 4.39 Å². The molecule has 1 saturated carbocycles. The topological polar surface area (TPSA) is 41.6 Å². The Morgan fingerprint density at radius 1 is 1.50 bits per heavy atom. The molecule has 2 aliphatic rings. The summed E-state index contributed by atoms with van der Waals surface area (Å²) in [5.74, 6) is 0.371. The predicted octanol–water partition coefficient (Wildman–Crippen LogP) is 2.60. The maximum absolute atomic E-state index is 13.2. The number of nitrogens with zero attached hydrogens (tertiary/aromatic N) is 2. The van der Waals surface area contributed by atoms with Crippen molar-refractivity contribution in [1.29, 1.82) is 0 Å². The summed E-state index contributed by atoms with van der Waals surface area (Å²) in [6.45, 7) is 2.74. The number of nitrogens with two attached hydrogens (primary N) is 1. The normalized spacial score (nSPS) is 27.5. The molecule has 2 N–H and O–H groups in total. The minimum atomic E-state index is -0.266. The number of hydrogen-bond donors (Lipinski definition) is 1. The van der Waals surface area contributed by atoms with Gasteiger partial charge in [0.15, 0.2) is 5.96 Å². The predicted molar refractivity (Wildman–Crippen MR) is 72.8 cm³/mol. The van der Waals surface area contributed by atoms with E-state index in [4.69, 9.17) is 5.73 Å². The summed E-state index contributed by atoms with van der Waals surface area (Å²) < 4.78 is 14.0. The van der Waals surface area contributed by atoms with Gasteiger partial charge in [-0.1, -0.05) is 22.0 Å². The number of guanidine groups is 1. The standard InChI is InChI=1S/C13H15BrFN3/c1-13(10-5-2-8(15)6-11(10)14)7-17-12(16)18(13)9-3-4-9/h2,5-6,9H,3-4,7H2,1H3,(H2,16,17). The van der Waals surface area contributed by atoms with E-state index in [0.29, 0.717) is 18.5 Å². The Balaban J connectivity index is 2.04. The lowest BCUT2D eigenvalue weighted by molar-refractivity contribution is 0.215. The molecular formula is C13H15BrFN3. The molecule has 5 heteroatoms. The Hall–Kier alpha value is -1.10. The average molecular weight is 312 g/mol. The van der Waals surface area contributed by atoms with Gasteiger partial charge in [-0.2, -0.15) is 0 Å². The van der Waals surface area contributed by atoms with Gasteiger partial charge in [-0.3, -0.25) is 4.99 Å². The van der Waals surface area contributed by atoms with Crippen LogP contribution in [0.1, 0.15) is 25.3 Å². The highest BCUT2D eigenvalue weighted by Gasteiger charge is 2.47. The van der Waals surface area contributed by atoms with Gasteiger partial charge in [0.2, 0.25) is 0 Å². The first kappa shape index (κ1) is 12.0. The van der Waals surface area contributed by atoms with Gasteiger partial charge in [0.05, 0.1) is 12.1 Å². The summed E-state index contributed by atoms with van der Waals surface area (Å²) >= 11 is 3.45. The maximum atomic E-state index is 13.2. The molecule has 1 aromatic carbocycles. The first-order valence-corrected chi connectivity index (χ1v) is 6.86. The van der Waals surface area contributed by atoms with Gasteiger partial charge in [-0.25, -0.2) is 4.39 Å². The van der Waals surface area contributed by atoms with Gasteiger partial charge < -0.3 is 10.6 Å². The Bertz CT molecular complexity index is 527. The maximum Gasteiger partial charge on any atom is 0.192 e. The van der Waals surface area contributed by atoms with Crippen LogP contribution in [-0.4, -0.2) is 23.4 Å². The van der Waals surface area contributed by atoms with Gasteiger partial charge in [-0.15, -0.1) is 0 Å². The van der Waals surface area contributed by atoms with Crippen molar-refractivity contribution in [2.24, 2.45) is 10.7 Å². The highest BCUT2D eigenvalue weighted by Crippen LogP contribution is 2.43. The summed E-state index contributed by atoms with van der Waals surface area (Å²) in [7, 11) is 0. The largest absolute Gasteiger partial charge is 0.370 e. The van der Waals surface area contributed by atoms with Gasteiger partial charge in [-0.05, 0) is 37.5 Å². The van der Waals surface area contributed by atoms with Crippen molar-refractivity contribution in [2.75, 3.05) is 6.54 Å². The molecule has 1 atom stereocenters. The second-order valence-corrected chi connectivity index (χ2v) is 6.03. The Labute approximate surface area is 114 Å². The molecular weight excluding hydrogens is 297 g/mol. The highest BCUT2D eigenvalue weighted by molar-refractivity contribution is 9.10. The number of halogens is 2. The van der Waals surface area contributed by atoms with Crippen molar-refractivity contribution in [1.82, 2.24) is 4.90 Å². The van der Waals surface area contributed by atoms with E-state index >= 15 is 0 Å². The van der Waals surface area contributed by atoms with Crippen LogP contribution < -0.4 is 5.73 Å². The zero-order valence-corrected chi connectivity index (χ0v) is 11.7. The smallest absolute Gasteiger partial charge is 0.192 e. The summed E-state index contributed by atoms with van der Waals surface area (Å²) in [5.41, 5.74) is 6.77. The molecule has 18 heavy (non-hydrogen) atoms. The number of benzene rings is 1. The van der Waals surface area contributed by atoms with Crippen molar-refractivity contribution in [2.45, 2.75) is 31.3 Å². The van der Waals surface area contributed by atoms with Crippen LogP contribution in [0, 0.1) is 5.82 Å². The van der Waals surface area contributed by atoms with Gasteiger partial charge in [0, 0.05) is 10.5 Å². The van der Waals surface area contributed by atoms with Crippen molar-refractivity contribution in [3.63, 3.8) is 0 Å². The number of hydrogen-bond acceptors (Lipinski definition) is 3. The molecule has 1 aliphatic heterocycles.